The van der Waals surface area contributed by atoms with Crippen molar-refractivity contribution in [2.45, 2.75) is 19.7 Å². The van der Waals surface area contributed by atoms with E-state index in [0.29, 0.717) is 10.9 Å². The zero-order chi connectivity index (χ0) is 15.3. The number of rotatable bonds is 2. The van der Waals surface area contributed by atoms with Crippen LogP contribution in [0.15, 0.2) is 16.6 Å². The van der Waals surface area contributed by atoms with Gasteiger partial charge in [0.1, 0.15) is 11.3 Å². The molecule has 4 nitrogen and oxygen atoms in total. The number of nitrogens with zero attached hydrogens (tertiary/aromatic N) is 4. The van der Waals surface area contributed by atoms with Crippen LogP contribution in [0.2, 0.25) is 5.02 Å². The minimum Gasteiger partial charge on any atom is -0.279 e. The molecule has 0 aliphatic heterocycles. The van der Waals surface area contributed by atoms with Crippen molar-refractivity contribution < 1.29 is 0 Å². The van der Waals surface area contributed by atoms with Crippen molar-refractivity contribution in [3.63, 3.8) is 0 Å². The Morgan fingerprint density at radius 1 is 1.29 bits per heavy atom. The van der Waals surface area contributed by atoms with Crippen molar-refractivity contribution >= 4 is 50.3 Å². The van der Waals surface area contributed by atoms with Gasteiger partial charge in [0.25, 0.3) is 0 Å². The number of fused-ring (bicyclic) bond motifs is 1. The van der Waals surface area contributed by atoms with Gasteiger partial charge in [0.2, 0.25) is 0 Å². The Morgan fingerprint density at radius 2 is 2.00 bits per heavy atom. The molecule has 0 saturated heterocycles. The summed E-state index contributed by atoms with van der Waals surface area (Å²) in [6, 6.07) is 3.91. The number of alkyl halides is 1. The molecule has 3 aromatic rings. The molecule has 0 saturated carbocycles. The van der Waals surface area contributed by atoms with E-state index >= 15 is 0 Å². The molecule has 2 aromatic heterocycles. The predicted octanol–water partition coefficient (Wildman–Crippen LogP) is 4.53. The standard InChI is InChI=1S/C14H13BrCl2N4/c1-7-4-9(15)11(5-10(7)17)21-12(6-16)18-13-8(2)19-20(3)14(13)21/h4-5H,6H2,1-3H3. The molecule has 0 aliphatic rings. The first-order valence-electron chi connectivity index (χ1n) is 6.37. The number of hydrogen-bond acceptors (Lipinski definition) is 2. The molecule has 21 heavy (non-hydrogen) atoms. The molecule has 0 fully saturated rings. The topological polar surface area (TPSA) is 35.6 Å². The summed E-state index contributed by atoms with van der Waals surface area (Å²) in [6.45, 7) is 3.91. The normalized spacial score (nSPS) is 11.5. The molecule has 110 valence electrons. The Morgan fingerprint density at radius 3 is 2.67 bits per heavy atom. The van der Waals surface area contributed by atoms with Gasteiger partial charge in [-0.3, -0.25) is 4.57 Å². The fraction of sp³-hybridized carbons (Fsp3) is 0.286. The molecule has 0 atom stereocenters. The van der Waals surface area contributed by atoms with Crippen LogP contribution in [0.3, 0.4) is 0 Å². The number of imidazole rings is 1. The first kappa shape index (κ1) is 14.9. The molecule has 0 aliphatic carbocycles. The predicted molar refractivity (Wildman–Crippen MR) is 89.6 cm³/mol. The first-order valence-corrected chi connectivity index (χ1v) is 8.07. The molecule has 0 N–H and O–H groups in total. The molecule has 0 amide bonds. The number of halogens is 3. The zero-order valence-corrected chi connectivity index (χ0v) is 14.9. The van der Waals surface area contributed by atoms with E-state index in [1.165, 1.54) is 0 Å². The number of aromatic nitrogens is 4. The SMILES string of the molecule is Cc1cc(Br)c(-n2c(CCl)nc3c(C)nn(C)c32)cc1Cl. The summed E-state index contributed by atoms with van der Waals surface area (Å²) in [5.41, 5.74) is 4.57. The molecule has 0 radical (unpaired) electrons. The quantitative estimate of drug-likeness (QED) is 0.605. The highest BCUT2D eigenvalue weighted by molar-refractivity contribution is 9.10. The second-order valence-electron chi connectivity index (χ2n) is 4.93. The molecule has 0 bridgehead atoms. The number of aryl methyl sites for hydroxylation is 3. The van der Waals surface area contributed by atoms with Gasteiger partial charge in [0, 0.05) is 16.5 Å². The fourth-order valence-electron chi connectivity index (χ4n) is 2.47. The first-order chi connectivity index (χ1) is 9.93. The Kier molecular flexibility index (Phi) is 3.76. The van der Waals surface area contributed by atoms with Crippen LogP contribution < -0.4 is 0 Å². The highest BCUT2D eigenvalue weighted by atomic mass is 79.9. The molecule has 0 spiro atoms. The van der Waals surface area contributed by atoms with E-state index in [9.17, 15) is 0 Å². The van der Waals surface area contributed by atoms with Crippen LogP contribution in [0, 0.1) is 13.8 Å². The Labute approximate surface area is 140 Å². The Balaban J connectivity index is 2.41. The second kappa shape index (κ2) is 5.30. The van der Waals surface area contributed by atoms with E-state index in [-0.39, 0.29) is 0 Å². The largest absolute Gasteiger partial charge is 0.279 e. The van der Waals surface area contributed by atoms with Crippen molar-refractivity contribution in [3.8, 4) is 5.69 Å². The Bertz CT molecular complexity index is 851. The summed E-state index contributed by atoms with van der Waals surface area (Å²) in [7, 11) is 1.90. The maximum absolute atomic E-state index is 6.28. The van der Waals surface area contributed by atoms with E-state index in [4.69, 9.17) is 23.2 Å². The lowest BCUT2D eigenvalue weighted by Crippen LogP contribution is -2.05. The van der Waals surface area contributed by atoms with Crippen molar-refractivity contribution in [2.75, 3.05) is 0 Å². The van der Waals surface area contributed by atoms with E-state index < -0.39 is 0 Å². The van der Waals surface area contributed by atoms with Gasteiger partial charge in [-0.05, 0) is 47.5 Å². The number of hydrogen-bond donors (Lipinski definition) is 0. The zero-order valence-electron chi connectivity index (χ0n) is 11.8. The van der Waals surface area contributed by atoms with E-state index in [1.54, 1.807) is 0 Å². The monoisotopic (exact) mass is 386 g/mol. The van der Waals surface area contributed by atoms with Crippen molar-refractivity contribution in [2.24, 2.45) is 7.05 Å². The summed E-state index contributed by atoms with van der Waals surface area (Å²) in [6.07, 6.45) is 0. The molecular formula is C14H13BrCl2N4. The van der Waals surface area contributed by atoms with Crippen LogP contribution in [0.5, 0.6) is 0 Å². The smallest absolute Gasteiger partial charge is 0.163 e. The highest BCUT2D eigenvalue weighted by Crippen LogP contribution is 2.32. The molecule has 1 aromatic carbocycles. The van der Waals surface area contributed by atoms with Gasteiger partial charge >= 0.3 is 0 Å². The molecule has 2 heterocycles. The third kappa shape index (κ3) is 2.28. The highest BCUT2D eigenvalue weighted by Gasteiger charge is 2.20. The maximum Gasteiger partial charge on any atom is 0.163 e. The van der Waals surface area contributed by atoms with Crippen LogP contribution in [-0.4, -0.2) is 19.3 Å². The van der Waals surface area contributed by atoms with Crippen molar-refractivity contribution in [3.05, 3.63) is 38.7 Å². The van der Waals surface area contributed by atoms with Gasteiger partial charge in [-0.15, -0.1) is 11.6 Å². The average Bonchev–Trinajstić information content (AvgIpc) is 2.93. The van der Waals surface area contributed by atoms with Gasteiger partial charge < -0.3 is 0 Å². The van der Waals surface area contributed by atoms with E-state index in [0.717, 1.165) is 38.4 Å². The summed E-state index contributed by atoms with van der Waals surface area (Å²) >= 11 is 16.0. The average molecular weight is 388 g/mol. The lowest BCUT2D eigenvalue weighted by atomic mass is 10.2. The summed E-state index contributed by atoms with van der Waals surface area (Å²) < 4.78 is 4.75. The van der Waals surface area contributed by atoms with E-state index in [2.05, 4.69) is 26.0 Å². The van der Waals surface area contributed by atoms with Gasteiger partial charge in [-0.25, -0.2) is 9.67 Å². The van der Waals surface area contributed by atoms with Crippen LogP contribution >= 0.6 is 39.1 Å². The van der Waals surface area contributed by atoms with Crippen LogP contribution in [0.1, 0.15) is 17.1 Å². The van der Waals surface area contributed by atoms with Gasteiger partial charge in [-0.2, -0.15) is 5.10 Å². The van der Waals surface area contributed by atoms with Gasteiger partial charge in [0.15, 0.2) is 5.65 Å². The van der Waals surface area contributed by atoms with Crippen LogP contribution in [0.4, 0.5) is 0 Å². The molecular weight excluding hydrogens is 375 g/mol. The summed E-state index contributed by atoms with van der Waals surface area (Å²) in [5.74, 6) is 1.08. The minimum atomic E-state index is 0.312. The van der Waals surface area contributed by atoms with Gasteiger partial charge in [-0.1, -0.05) is 11.6 Å². The molecule has 0 unspecified atom stereocenters. The molecule has 3 rings (SSSR count). The lowest BCUT2D eigenvalue weighted by molar-refractivity contribution is 0.754. The second-order valence-corrected chi connectivity index (χ2v) is 6.46. The van der Waals surface area contributed by atoms with Crippen LogP contribution in [-0.2, 0) is 12.9 Å². The van der Waals surface area contributed by atoms with E-state index in [1.807, 2.05) is 42.3 Å². The Hall–Kier alpha value is -1.04. The van der Waals surface area contributed by atoms with Gasteiger partial charge in [0.05, 0.1) is 17.3 Å². The van der Waals surface area contributed by atoms with Crippen molar-refractivity contribution in [1.29, 1.82) is 0 Å². The minimum absolute atomic E-state index is 0.312. The summed E-state index contributed by atoms with van der Waals surface area (Å²) in [5, 5.41) is 5.13. The fourth-order valence-corrected chi connectivity index (χ4v) is 3.44. The molecule has 7 heteroatoms. The lowest BCUT2D eigenvalue weighted by Gasteiger charge is -2.12. The summed E-state index contributed by atoms with van der Waals surface area (Å²) in [4.78, 5) is 4.60. The van der Waals surface area contributed by atoms with Crippen LogP contribution in [0.25, 0.3) is 16.9 Å². The van der Waals surface area contributed by atoms with Crippen molar-refractivity contribution in [1.82, 2.24) is 19.3 Å². The third-order valence-corrected chi connectivity index (χ3v) is 4.74. The number of benzene rings is 1. The third-order valence-electron chi connectivity index (χ3n) is 3.46. The maximum atomic E-state index is 6.28.